The summed E-state index contributed by atoms with van der Waals surface area (Å²) in [7, 11) is 0. The summed E-state index contributed by atoms with van der Waals surface area (Å²) < 4.78 is 17.5. The molecule has 0 fully saturated rings. The molecule has 4 aromatic rings. The average molecular weight is 653 g/mol. The summed E-state index contributed by atoms with van der Waals surface area (Å²) in [6, 6.07) is 27.6. The van der Waals surface area contributed by atoms with Crippen LogP contribution >= 0.6 is 11.6 Å². The van der Waals surface area contributed by atoms with E-state index in [4.69, 9.17) is 36.8 Å². The maximum Gasteiger partial charge on any atom is 0.165 e. The molecule has 1 unspecified atom stereocenters. The van der Waals surface area contributed by atoms with Crippen LogP contribution in [0.25, 0.3) is 11.1 Å². The summed E-state index contributed by atoms with van der Waals surface area (Å²) >= 11 is 6.34. The van der Waals surface area contributed by atoms with Crippen molar-refractivity contribution >= 4 is 11.6 Å². The molecule has 246 valence electrons. The summed E-state index contributed by atoms with van der Waals surface area (Å²) in [5, 5.41) is 19.4. The molecule has 0 saturated heterocycles. The van der Waals surface area contributed by atoms with Crippen LogP contribution < -0.4 is 19.9 Å². The molecule has 0 aliphatic rings. The van der Waals surface area contributed by atoms with Crippen molar-refractivity contribution in [2.75, 3.05) is 19.8 Å². The number of benzene rings is 4. The number of nitrogens with two attached hydrogens (primary N) is 1. The highest BCUT2D eigenvalue weighted by atomic mass is 35.5. The van der Waals surface area contributed by atoms with Crippen LogP contribution in [0.15, 0.2) is 103 Å². The Labute approximate surface area is 284 Å². The lowest BCUT2D eigenvalue weighted by Gasteiger charge is -2.17. The van der Waals surface area contributed by atoms with Crippen LogP contribution in [-0.2, 0) is 6.61 Å². The van der Waals surface area contributed by atoms with E-state index < -0.39 is 0 Å². The average Bonchev–Trinajstić information content (AvgIpc) is 3.07. The number of ether oxygens (including phenoxy) is 3. The summed E-state index contributed by atoms with van der Waals surface area (Å²) in [6.07, 6.45) is 2.76. The highest BCUT2D eigenvalue weighted by molar-refractivity contribution is 6.32. The monoisotopic (exact) mass is 652 g/mol. The fourth-order valence-corrected chi connectivity index (χ4v) is 5.29. The van der Waals surface area contributed by atoms with Gasteiger partial charge in [-0.2, -0.15) is 5.26 Å². The van der Waals surface area contributed by atoms with Crippen molar-refractivity contribution in [3.05, 3.63) is 130 Å². The van der Waals surface area contributed by atoms with Crippen molar-refractivity contribution in [1.29, 1.82) is 5.26 Å². The Balaban J connectivity index is 0.000000461. The van der Waals surface area contributed by atoms with Crippen LogP contribution in [0.1, 0.15) is 55.4 Å². The molecule has 0 radical (unpaired) electrons. The van der Waals surface area contributed by atoms with Gasteiger partial charge in [0.05, 0.1) is 17.7 Å². The zero-order chi connectivity index (χ0) is 34.3. The van der Waals surface area contributed by atoms with Gasteiger partial charge < -0.3 is 25.1 Å². The van der Waals surface area contributed by atoms with Crippen LogP contribution in [0, 0.1) is 25.2 Å². The molecule has 0 spiro atoms. The Morgan fingerprint density at radius 2 is 1.60 bits per heavy atom. The van der Waals surface area contributed by atoms with Crippen molar-refractivity contribution < 1.29 is 19.3 Å². The predicted octanol–water partition coefficient (Wildman–Crippen LogP) is 9.85. The first-order valence-electron chi connectivity index (χ1n) is 15.7. The molecule has 3 N–H and O–H groups in total. The molecule has 4 rings (SSSR count). The predicted molar refractivity (Wildman–Crippen MR) is 193 cm³/mol. The number of phenolic OH excluding ortho intramolecular Hbond substituents is 1. The molecule has 47 heavy (non-hydrogen) atoms. The highest BCUT2D eigenvalue weighted by Gasteiger charge is 2.14. The Hall–Kier alpha value is -4.70. The third-order valence-corrected chi connectivity index (χ3v) is 8.08. The maximum atomic E-state index is 10.3. The minimum atomic E-state index is -0.0953. The van der Waals surface area contributed by atoms with Gasteiger partial charge in [0.1, 0.15) is 24.7 Å². The van der Waals surface area contributed by atoms with E-state index in [-0.39, 0.29) is 29.7 Å². The zero-order valence-corrected chi connectivity index (χ0v) is 28.7. The third-order valence-electron chi connectivity index (χ3n) is 7.78. The van der Waals surface area contributed by atoms with Crippen LogP contribution in [0.3, 0.4) is 0 Å². The first-order valence-corrected chi connectivity index (χ1v) is 16.1. The zero-order valence-electron chi connectivity index (χ0n) is 28.0. The van der Waals surface area contributed by atoms with Gasteiger partial charge in [0, 0.05) is 17.7 Å². The van der Waals surface area contributed by atoms with Gasteiger partial charge in [-0.1, -0.05) is 85.8 Å². The molecule has 7 heteroatoms. The highest BCUT2D eigenvalue weighted by Crippen LogP contribution is 2.38. The van der Waals surface area contributed by atoms with Crippen molar-refractivity contribution in [3.8, 4) is 40.2 Å². The van der Waals surface area contributed by atoms with E-state index >= 15 is 0 Å². The molecule has 0 aliphatic heterocycles. The van der Waals surface area contributed by atoms with Crippen LogP contribution in [0.5, 0.6) is 23.0 Å². The largest absolute Gasteiger partial charge is 0.504 e. The van der Waals surface area contributed by atoms with Crippen molar-refractivity contribution in [2.45, 2.75) is 53.6 Å². The molecule has 0 bridgehead atoms. The van der Waals surface area contributed by atoms with Gasteiger partial charge in [-0.3, -0.25) is 0 Å². The fraction of sp³-hybridized carbons (Fsp3) is 0.275. The lowest BCUT2D eigenvalue weighted by atomic mass is 9.93. The van der Waals surface area contributed by atoms with E-state index in [0.717, 1.165) is 52.1 Å². The van der Waals surface area contributed by atoms with E-state index in [2.05, 4.69) is 63.7 Å². The van der Waals surface area contributed by atoms with E-state index in [1.165, 1.54) is 11.6 Å². The third kappa shape index (κ3) is 10.4. The van der Waals surface area contributed by atoms with Gasteiger partial charge in [0.25, 0.3) is 0 Å². The Morgan fingerprint density at radius 3 is 2.23 bits per heavy atom. The topological polar surface area (TPSA) is 97.7 Å². The minimum absolute atomic E-state index is 0.0953. The van der Waals surface area contributed by atoms with E-state index in [9.17, 15) is 5.11 Å². The van der Waals surface area contributed by atoms with Crippen molar-refractivity contribution in [2.24, 2.45) is 5.73 Å². The van der Waals surface area contributed by atoms with Gasteiger partial charge in [-0.15, -0.1) is 0 Å². The van der Waals surface area contributed by atoms with Crippen molar-refractivity contribution in [3.63, 3.8) is 0 Å². The summed E-state index contributed by atoms with van der Waals surface area (Å²) in [4.78, 5) is 0. The van der Waals surface area contributed by atoms with Gasteiger partial charge in [-0.05, 0) is 97.7 Å². The minimum Gasteiger partial charge on any atom is -0.504 e. The van der Waals surface area contributed by atoms with Crippen LogP contribution in [0.2, 0.25) is 5.02 Å². The molecule has 1 atom stereocenters. The first-order chi connectivity index (χ1) is 22.6. The van der Waals surface area contributed by atoms with Crippen LogP contribution in [0.4, 0.5) is 0 Å². The molecule has 0 saturated carbocycles. The van der Waals surface area contributed by atoms with Crippen LogP contribution in [-0.4, -0.2) is 24.9 Å². The van der Waals surface area contributed by atoms with Gasteiger partial charge in [0.2, 0.25) is 0 Å². The molecule has 6 nitrogen and oxygen atoms in total. The molecular formula is C40H45ClN2O4. The van der Waals surface area contributed by atoms with Gasteiger partial charge in [-0.25, -0.2) is 0 Å². The normalized spacial score (nSPS) is 11.5. The number of nitriles is 1. The molecule has 0 amide bonds. The van der Waals surface area contributed by atoms with Gasteiger partial charge >= 0.3 is 0 Å². The number of nitrogens with zero attached hydrogens (tertiary/aromatic N) is 1. The van der Waals surface area contributed by atoms with E-state index in [0.29, 0.717) is 23.8 Å². The first kappa shape index (κ1) is 36.8. The number of allylic oxidation sites excluding steroid dienone is 2. The lowest BCUT2D eigenvalue weighted by Crippen LogP contribution is -2.11. The lowest BCUT2D eigenvalue weighted by molar-refractivity contribution is 0.295. The SMILES string of the molecule is C=C(C#N)/C=C(\C)COc1cc(OCc2cccc(-c3cccc(OCC)c3C)c2C)c(Cl)cc1O.CCC(CN)c1ccccc1. The van der Waals surface area contributed by atoms with E-state index in [1.807, 2.05) is 50.2 Å². The van der Waals surface area contributed by atoms with E-state index in [1.54, 1.807) is 12.1 Å². The summed E-state index contributed by atoms with van der Waals surface area (Å²) in [6.45, 7) is 15.5. The Kier molecular flexibility index (Phi) is 14.4. The number of hydrogen-bond donors (Lipinski definition) is 2. The quantitative estimate of drug-likeness (QED) is 0.110. The molecule has 0 heterocycles. The smallest absolute Gasteiger partial charge is 0.165 e. The summed E-state index contributed by atoms with van der Waals surface area (Å²) in [5.74, 6) is 1.95. The molecule has 0 aromatic heterocycles. The number of rotatable bonds is 13. The number of phenols is 1. The fourth-order valence-electron chi connectivity index (χ4n) is 5.08. The molecule has 4 aromatic carbocycles. The number of hydrogen-bond acceptors (Lipinski definition) is 6. The van der Waals surface area contributed by atoms with Crippen molar-refractivity contribution in [1.82, 2.24) is 0 Å². The number of aromatic hydroxyl groups is 1. The standard InChI is InChI=1S/C30H30ClNO4.C10H15N/c1-6-34-28-12-8-11-25(22(28)5)24-10-7-9-23(21(24)4)18-36-29-15-30(27(33)14-26(29)31)35-17-20(3)13-19(2)16-32;1-2-9(8-11)10-6-4-3-5-7-10/h7-15,33H,2,6,17-18H2,1,3-5H3;3-7,9H,2,8,11H2,1H3/b20-13+;. The number of halogens is 1. The second-order valence-corrected chi connectivity index (χ2v) is 11.6. The second kappa shape index (κ2) is 18.4. The Bertz CT molecular complexity index is 1710. The molecule has 0 aliphatic carbocycles. The summed E-state index contributed by atoms with van der Waals surface area (Å²) in [5.41, 5.74) is 13.5. The second-order valence-electron chi connectivity index (χ2n) is 11.2. The maximum absolute atomic E-state index is 10.3. The van der Waals surface area contributed by atoms with Gasteiger partial charge in [0.15, 0.2) is 11.5 Å². The Morgan fingerprint density at radius 1 is 0.915 bits per heavy atom. The molecular weight excluding hydrogens is 608 g/mol.